The number of rotatable bonds is 5. The number of carbonyl (C=O) groups is 1. The van der Waals surface area contributed by atoms with Gasteiger partial charge in [0.05, 0.1) is 7.11 Å². The minimum Gasteiger partial charge on any atom is -0.497 e. The number of likely N-dealkylation sites (tertiary alicyclic amines) is 2. The Hall–Kier alpha value is -2.04. The van der Waals surface area contributed by atoms with Crippen LogP contribution in [-0.2, 0) is 11.3 Å². The van der Waals surface area contributed by atoms with Gasteiger partial charge in [-0.2, -0.15) is 0 Å². The Morgan fingerprint density at radius 1 is 1.10 bits per heavy atom. The molecule has 0 radical (unpaired) electrons. The van der Waals surface area contributed by atoms with Gasteiger partial charge >= 0.3 is 0 Å². The van der Waals surface area contributed by atoms with Crippen molar-refractivity contribution in [3.63, 3.8) is 0 Å². The highest BCUT2D eigenvalue weighted by molar-refractivity contribution is 6.30. The molecule has 2 aromatic rings. The number of hydrogen-bond donors (Lipinski definition) is 0. The van der Waals surface area contributed by atoms with Crippen molar-refractivity contribution in [2.24, 2.45) is 11.8 Å². The monoisotopic (exact) mass is 424 g/mol. The van der Waals surface area contributed by atoms with Crippen molar-refractivity contribution < 1.29 is 9.53 Å². The number of halogens is 1. The van der Waals surface area contributed by atoms with Crippen LogP contribution in [0.2, 0.25) is 5.02 Å². The number of hydrogen-bond acceptors (Lipinski definition) is 3. The molecule has 1 aliphatic carbocycles. The van der Waals surface area contributed by atoms with E-state index in [4.69, 9.17) is 16.3 Å². The van der Waals surface area contributed by atoms with Gasteiger partial charge in [0.15, 0.2) is 0 Å². The summed E-state index contributed by atoms with van der Waals surface area (Å²) in [5.74, 6) is 2.36. The van der Waals surface area contributed by atoms with Gasteiger partial charge in [-0.05, 0) is 54.7 Å². The van der Waals surface area contributed by atoms with Gasteiger partial charge in [-0.25, -0.2) is 0 Å². The second-order valence-corrected chi connectivity index (χ2v) is 9.47. The topological polar surface area (TPSA) is 32.8 Å². The normalized spacial score (nSPS) is 26.5. The maximum atomic E-state index is 13.0. The zero-order valence-corrected chi connectivity index (χ0v) is 18.2. The average molecular weight is 425 g/mol. The van der Waals surface area contributed by atoms with Crippen LogP contribution in [0.3, 0.4) is 0 Å². The molecule has 5 heteroatoms. The molecule has 30 heavy (non-hydrogen) atoms. The largest absolute Gasteiger partial charge is 0.497 e. The highest BCUT2D eigenvalue weighted by Gasteiger charge is 2.49. The van der Waals surface area contributed by atoms with Gasteiger partial charge in [0.1, 0.15) is 5.75 Å². The van der Waals surface area contributed by atoms with E-state index in [0.29, 0.717) is 23.8 Å². The number of amides is 1. The lowest BCUT2D eigenvalue weighted by Crippen LogP contribution is -2.48. The lowest BCUT2D eigenvalue weighted by atomic mass is 9.81. The molecular weight excluding hydrogens is 396 g/mol. The fraction of sp³-hybridized carbons (Fsp3) is 0.480. The Labute approximate surface area is 183 Å². The van der Waals surface area contributed by atoms with Crippen LogP contribution in [0.1, 0.15) is 36.3 Å². The third-order valence-electron chi connectivity index (χ3n) is 7.04. The minimum atomic E-state index is 0.277. The first-order valence-electron chi connectivity index (χ1n) is 11.0. The number of methoxy groups -OCH3 is 1. The van der Waals surface area contributed by atoms with Crippen molar-refractivity contribution in [1.82, 2.24) is 9.80 Å². The lowest BCUT2D eigenvalue weighted by Gasteiger charge is -2.39. The molecule has 3 atom stereocenters. The van der Waals surface area contributed by atoms with Gasteiger partial charge in [0.25, 0.3) is 0 Å². The Balaban J connectivity index is 1.39. The summed E-state index contributed by atoms with van der Waals surface area (Å²) in [6.45, 7) is 3.77. The summed E-state index contributed by atoms with van der Waals surface area (Å²) in [6, 6.07) is 16.9. The first kappa shape index (κ1) is 19.9. The number of nitrogens with zero attached hydrogens (tertiary/aromatic N) is 2. The van der Waals surface area contributed by atoms with Gasteiger partial charge < -0.3 is 9.64 Å². The second-order valence-electron chi connectivity index (χ2n) is 9.03. The molecule has 0 aromatic heterocycles. The molecule has 158 valence electrons. The van der Waals surface area contributed by atoms with E-state index >= 15 is 0 Å². The van der Waals surface area contributed by atoms with Crippen LogP contribution in [0.4, 0.5) is 0 Å². The summed E-state index contributed by atoms with van der Waals surface area (Å²) in [4.78, 5) is 17.8. The second kappa shape index (κ2) is 8.24. The lowest BCUT2D eigenvalue weighted by molar-refractivity contribution is -0.134. The van der Waals surface area contributed by atoms with Crippen LogP contribution >= 0.6 is 11.6 Å². The molecule has 2 aliphatic heterocycles. The van der Waals surface area contributed by atoms with Crippen molar-refractivity contribution in [2.45, 2.75) is 37.8 Å². The first-order chi connectivity index (χ1) is 14.6. The highest BCUT2D eigenvalue weighted by atomic mass is 35.5. The van der Waals surface area contributed by atoms with Crippen LogP contribution in [0.25, 0.3) is 0 Å². The van der Waals surface area contributed by atoms with Crippen LogP contribution in [0, 0.1) is 11.8 Å². The number of piperidine rings is 1. The van der Waals surface area contributed by atoms with Crippen molar-refractivity contribution in [2.75, 3.05) is 26.7 Å². The standard InChI is InChI=1S/C25H29ClN2O2/c1-30-21-7-3-5-19(13-21)22-16-28(25(29)18-8-9-18)24-10-11-27(15-23(22)24)14-17-4-2-6-20(26)12-17/h2-7,12-13,18,22-24H,8-11,14-16H2,1H3/t22-,23-,24-/m0/s1. The van der Waals surface area contributed by atoms with Gasteiger partial charge in [0.2, 0.25) is 5.91 Å². The van der Waals surface area contributed by atoms with Crippen LogP contribution in [0.5, 0.6) is 5.75 Å². The third kappa shape index (κ3) is 3.95. The molecule has 2 aromatic carbocycles. The molecule has 1 amide bonds. The van der Waals surface area contributed by atoms with E-state index in [1.807, 2.05) is 18.2 Å². The summed E-state index contributed by atoms with van der Waals surface area (Å²) in [5.41, 5.74) is 2.54. The molecule has 4 nitrogen and oxygen atoms in total. The maximum absolute atomic E-state index is 13.0. The summed E-state index contributed by atoms with van der Waals surface area (Å²) < 4.78 is 5.48. The van der Waals surface area contributed by atoms with Gasteiger partial charge in [-0.15, -0.1) is 0 Å². The molecule has 0 bridgehead atoms. The van der Waals surface area contributed by atoms with Crippen LogP contribution in [-0.4, -0.2) is 48.5 Å². The summed E-state index contributed by atoms with van der Waals surface area (Å²) in [5, 5.41) is 0.790. The van der Waals surface area contributed by atoms with E-state index in [0.717, 1.165) is 56.2 Å². The number of carbonyl (C=O) groups excluding carboxylic acids is 1. The molecule has 5 rings (SSSR count). The molecular formula is C25H29ClN2O2. The Morgan fingerprint density at radius 3 is 2.70 bits per heavy atom. The molecule has 0 N–H and O–H groups in total. The molecule has 0 spiro atoms. The summed E-state index contributed by atoms with van der Waals surface area (Å²) in [6.07, 6.45) is 3.18. The first-order valence-corrected chi connectivity index (χ1v) is 11.4. The quantitative estimate of drug-likeness (QED) is 0.704. The Bertz CT molecular complexity index is 929. The number of benzene rings is 2. The zero-order valence-electron chi connectivity index (χ0n) is 17.5. The van der Waals surface area contributed by atoms with E-state index in [2.05, 4.69) is 40.1 Å². The number of fused-ring (bicyclic) bond motifs is 1. The fourth-order valence-corrected chi connectivity index (χ4v) is 5.60. The van der Waals surface area contributed by atoms with E-state index in [9.17, 15) is 4.79 Å². The van der Waals surface area contributed by atoms with Crippen molar-refractivity contribution in [1.29, 1.82) is 0 Å². The smallest absolute Gasteiger partial charge is 0.225 e. The molecule has 1 saturated carbocycles. The highest BCUT2D eigenvalue weighted by Crippen LogP contribution is 2.45. The van der Waals surface area contributed by atoms with E-state index < -0.39 is 0 Å². The van der Waals surface area contributed by atoms with Gasteiger partial charge in [-0.1, -0.05) is 35.9 Å². The van der Waals surface area contributed by atoms with E-state index in [1.165, 1.54) is 11.1 Å². The van der Waals surface area contributed by atoms with Crippen LogP contribution < -0.4 is 4.74 Å². The Kier molecular flexibility index (Phi) is 5.46. The molecule has 3 fully saturated rings. The van der Waals surface area contributed by atoms with Gasteiger partial charge in [0, 0.05) is 55.0 Å². The summed E-state index contributed by atoms with van der Waals surface area (Å²) in [7, 11) is 1.72. The molecule has 3 aliphatic rings. The zero-order chi connectivity index (χ0) is 20.7. The SMILES string of the molecule is COc1cccc([C@@H]2CN(C(=O)C3CC3)[C@H]3CCN(Cc4cccc(Cl)c4)C[C@@H]23)c1. The average Bonchev–Trinajstić information content (AvgIpc) is 3.54. The van der Waals surface area contributed by atoms with Crippen molar-refractivity contribution in [3.05, 3.63) is 64.7 Å². The van der Waals surface area contributed by atoms with E-state index in [-0.39, 0.29) is 5.92 Å². The number of ether oxygens (including phenoxy) is 1. The molecule has 2 heterocycles. The maximum Gasteiger partial charge on any atom is 0.225 e. The Morgan fingerprint density at radius 2 is 1.93 bits per heavy atom. The van der Waals surface area contributed by atoms with Crippen molar-refractivity contribution >= 4 is 17.5 Å². The molecule has 0 unspecified atom stereocenters. The van der Waals surface area contributed by atoms with Crippen molar-refractivity contribution in [3.8, 4) is 5.75 Å². The predicted octanol–water partition coefficient (Wildman–Crippen LogP) is 4.58. The van der Waals surface area contributed by atoms with Gasteiger partial charge in [-0.3, -0.25) is 9.69 Å². The third-order valence-corrected chi connectivity index (χ3v) is 7.28. The predicted molar refractivity (Wildman–Crippen MR) is 119 cm³/mol. The summed E-state index contributed by atoms with van der Waals surface area (Å²) >= 11 is 6.20. The van der Waals surface area contributed by atoms with Crippen LogP contribution in [0.15, 0.2) is 48.5 Å². The minimum absolute atomic E-state index is 0.277. The van der Waals surface area contributed by atoms with E-state index in [1.54, 1.807) is 7.11 Å². The molecule has 2 saturated heterocycles. The fourth-order valence-electron chi connectivity index (χ4n) is 5.39.